The molecular weight excluding hydrogens is 218 g/mol. The van der Waals surface area contributed by atoms with Crippen molar-refractivity contribution in [3.63, 3.8) is 0 Å². The molecule has 1 fully saturated rings. The van der Waals surface area contributed by atoms with Crippen molar-refractivity contribution in [3.8, 4) is 0 Å². The summed E-state index contributed by atoms with van der Waals surface area (Å²) in [7, 11) is 1.69. The lowest BCUT2D eigenvalue weighted by molar-refractivity contribution is -0.126. The van der Waals surface area contributed by atoms with E-state index in [0.717, 1.165) is 32.7 Å². The average Bonchev–Trinajstić information content (AvgIpc) is 2.89. The fourth-order valence-electron chi connectivity index (χ4n) is 2.10. The van der Waals surface area contributed by atoms with Gasteiger partial charge >= 0.3 is 0 Å². The molecule has 1 aromatic heterocycles. The van der Waals surface area contributed by atoms with Crippen molar-refractivity contribution in [1.29, 1.82) is 0 Å². The smallest absolute Gasteiger partial charge is 0.238 e. The van der Waals surface area contributed by atoms with Crippen molar-refractivity contribution in [2.75, 3.05) is 33.2 Å². The normalized spacial score (nSPS) is 21.4. The maximum atomic E-state index is 11.7. The quantitative estimate of drug-likeness (QED) is 0.698. The number of hydrogen-bond donors (Lipinski definition) is 2. The van der Waals surface area contributed by atoms with Gasteiger partial charge in [-0.15, -0.1) is 0 Å². The number of imidazole rings is 1. The molecule has 1 aromatic rings. The monoisotopic (exact) mass is 237 g/mol. The van der Waals surface area contributed by atoms with Crippen molar-refractivity contribution < 1.29 is 4.79 Å². The Morgan fingerprint density at radius 1 is 1.59 bits per heavy atom. The van der Waals surface area contributed by atoms with E-state index in [-0.39, 0.29) is 11.9 Å². The number of piperazine rings is 1. The molecule has 2 rings (SSSR count). The van der Waals surface area contributed by atoms with Crippen LogP contribution < -0.4 is 10.6 Å². The van der Waals surface area contributed by atoms with Gasteiger partial charge in [-0.3, -0.25) is 9.69 Å². The molecule has 1 atom stereocenters. The highest BCUT2D eigenvalue weighted by Gasteiger charge is 2.27. The Morgan fingerprint density at radius 2 is 2.47 bits per heavy atom. The number of hydrogen-bond acceptors (Lipinski definition) is 4. The number of carbonyl (C=O) groups is 1. The molecule has 94 valence electrons. The van der Waals surface area contributed by atoms with Gasteiger partial charge in [-0.2, -0.15) is 0 Å². The van der Waals surface area contributed by atoms with Crippen molar-refractivity contribution in [2.45, 2.75) is 12.6 Å². The molecule has 0 radical (unpaired) electrons. The first-order valence-electron chi connectivity index (χ1n) is 5.93. The number of likely N-dealkylation sites (N-methyl/N-ethyl adjacent to an activating group) is 1. The fraction of sp³-hybridized carbons (Fsp3) is 0.636. The second-order valence-electron chi connectivity index (χ2n) is 4.17. The molecule has 0 aliphatic carbocycles. The second kappa shape index (κ2) is 5.79. The van der Waals surface area contributed by atoms with Gasteiger partial charge in [-0.1, -0.05) is 0 Å². The molecule has 1 aliphatic rings. The number of amides is 1. The number of carbonyl (C=O) groups excluding carboxylic acids is 1. The van der Waals surface area contributed by atoms with Gasteiger partial charge in [-0.05, 0) is 0 Å². The molecule has 0 saturated carbocycles. The van der Waals surface area contributed by atoms with E-state index in [1.165, 1.54) is 0 Å². The van der Waals surface area contributed by atoms with Gasteiger partial charge < -0.3 is 15.2 Å². The van der Waals surface area contributed by atoms with Crippen LogP contribution in [-0.4, -0.2) is 59.6 Å². The molecule has 1 aliphatic heterocycles. The summed E-state index contributed by atoms with van der Waals surface area (Å²) in [6, 6.07) is -0.0581. The van der Waals surface area contributed by atoms with Crippen LogP contribution in [0.4, 0.5) is 0 Å². The summed E-state index contributed by atoms with van der Waals surface area (Å²) in [5.74, 6) is 0.0860. The molecule has 1 amide bonds. The highest BCUT2D eigenvalue weighted by atomic mass is 16.2. The minimum Gasteiger partial charge on any atom is -0.358 e. The van der Waals surface area contributed by atoms with E-state index in [1.54, 1.807) is 19.6 Å². The van der Waals surface area contributed by atoms with Crippen molar-refractivity contribution >= 4 is 5.91 Å². The maximum Gasteiger partial charge on any atom is 0.238 e. The van der Waals surface area contributed by atoms with Crippen molar-refractivity contribution in [3.05, 3.63) is 18.7 Å². The number of aromatic nitrogens is 2. The molecule has 6 heteroatoms. The summed E-state index contributed by atoms with van der Waals surface area (Å²) in [4.78, 5) is 18.0. The fourth-order valence-corrected chi connectivity index (χ4v) is 2.10. The predicted molar refractivity (Wildman–Crippen MR) is 64.5 cm³/mol. The molecule has 0 spiro atoms. The molecule has 0 bridgehead atoms. The Balaban J connectivity index is 1.90. The lowest BCUT2D eigenvalue weighted by Gasteiger charge is -2.34. The van der Waals surface area contributed by atoms with Gasteiger partial charge in [0.05, 0.1) is 6.33 Å². The Hall–Kier alpha value is -1.40. The molecular formula is C11H19N5O. The molecule has 2 N–H and O–H groups in total. The largest absolute Gasteiger partial charge is 0.358 e. The summed E-state index contributed by atoms with van der Waals surface area (Å²) in [6.45, 7) is 4.32. The van der Waals surface area contributed by atoms with Gasteiger partial charge in [0.2, 0.25) is 5.91 Å². The first kappa shape index (κ1) is 12.1. The highest BCUT2D eigenvalue weighted by Crippen LogP contribution is 2.04. The van der Waals surface area contributed by atoms with Crippen LogP contribution in [0.5, 0.6) is 0 Å². The van der Waals surface area contributed by atoms with E-state index in [0.29, 0.717) is 0 Å². The average molecular weight is 237 g/mol. The summed E-state index contributed by atoms with van der Waals surface area (Å²) in [6.07, 6.45) is 5.52. The van der Waals surface area contributed by atoms with Crippen LogP contribution in [-0.2, 0) is 11.3 Å². The molecule has 0 aromatic carbocycles. The SMILES string of the molecule is CNC(=O)C1CNCCN1CCn1ccnc1. The van der Waals surface area contributed by atoms with E-state index >= 15 is 0 Å². The minimum atomic E-state index is -0.0581. The Morgan fingerprint density at radius 3 is 3.18 bits per heavy atom. The van der Waals surface area contributed by atoms with E-state index in [4.69, 9.17) is 0 Å². The van der Waals surface area contributed by atoms with E-state index < -0.39 is 0 Å². The molecule has 1 unspecified atom stereocenters. The van der Waals surface area contributed by atoms with Crippen LogP contribution in [0.15, 0.2) is 18.7 Å². The van der Waals surface area contributed by atoms with Crippen LogP contribution in [0.1, 0.15) is 0 Å². The zero-order chi connectivity index (χ0) is 12.1. The van der Waals surface area contributed by atoms with Crippen LogP contribution in [0, 0.1) is 0 Å². The van der Waals surface area contributed by atoms with E-state index in [1.807, 2.05) is 10.8 Å². The zero-order valence-corrected chi connectivity index (χ0v) is 10.1. The van der Waals surface area contributed by atoms with Crippen LogP contribution in [0.2, 0.25) is 0 Å². The van der Waals surface area contributed by atoms with Gasteiger partial charge in [0.1, 0.15) is 6.04 Å². The molecule has 17 heavy (non-hydrogen) atoms. The van der Waals surface area contributed by atoms with Crippen LogP contribution in [0.3, 0.4) is 0 Å². The number of nitrogens with zero attached hydrogens (tertiary/aromatic N) is 3. The summed E-state index contributed by atoms with van der Waals surface area (Å²) >= 11 is 0. The first-order valence-corrected chi connectivity index (χ1v) is 5.93. The zero-order valence-electron chi connectivity index (χ0n) is 10.1. The third-order valence-corrected chi connectivity index (χ3v) is 3.11. The summed E-state index contributed by atoms with van der Waals surface area (Å²) in [5, 5.41) is 5.97. The first-order chi connectivity index (χ1) is 8.31. The van der Waals surface area contributed by atoms with Gasteiger partial charge in [-0.25, -0.2) is 4.98 Å². The van der Waals surface area contributed by atoms with Gasteiger partial charge in [0.15, 0.2) is 0 Å². The second-order valence-corrected chi connectivity index (χ2v) is 4.17. The lowest BCUT2D eigenvalue weighted by Crippen LogP contribution is -2.57. The van der Waals surface area contributed by atoms with Crippen molar-refractivity contribution in [1.82, 2.24) is 25.1 Å². The highest BCUT2D eigenvalue weighted by molar-refractivity contribution is 5.81. The van der Waals surface area contributed by atoms with Gasteiger partial charge in [0, 0.05) is 52.2 Å². The minimum absolute atomic E-state index is 0.0581. The van der Waals surface area contributed by atoms with Gasteiger partial charge in [0.25, 0.3) is 0 Å². The summed E-state index contributed by atoms with van der Waals surface area (Å²) in [5.41, 5.74) is 0. The van der Waals surface area contributed by atoms with E-state index in [9.17, 15) is 4.79 Å². The molecule has 1 saturated heterocycles. The molecule has 6 nitrogen and oxygen atoms in total. The van der Waals surface area contributed by atoms with Crippen LogP contribution >= 0.6 is 0 Å². The maximum absolute atomic E-state index is 11.7. The third-order valence-electron chi connectivity index (χ3n) is 3.11. The third kappa shape index (κ3) is 3.04. The number of rotatable bonds is 4. The standard InChI is InChI=1S/C11H19N5O/c1-12-11(17)10-8-13-3-5-16(10)7-6-15-4-2-14-9-15/h2,4,9-10,13H,3,5-8H2,1H3,(H,12,17). The number of nitrogens with one attached hydrogen (secondary N) is 2. The molecule has 2 heterocycles. The predicted octanol–water partition coefficient (Wildman–Crippen LogP) is -1.10. The Labute approximate surface area is 101 Å². The Kier molecular flexibility index (Phi) is 4.11. The van der Waals surface area contributed by atoms with E-state index in [2.05, 4.69) is 20.5 Å². The van der Waals surface area contributed by atoms with Crippen molar-refractivity contribution in [2.24, 2.45) is 0 Å². The lowest BCUT2D eigenvalue weighted by atomic mass is 10.2. The van der Waals surface area contributed by atoms with Crippen LogP contribution in [0.25, 0.3) is 0 Å². The topological polar surface area (TPSA) is 62.2 Å². The Bertz CT molecular complexity index is 351. The summed E-state index contributed by atoms with van der Waals surface area (Å²) < 4.78 is 2.03.